The Labute approximate surface area is 242 Å². The van der Waals surface area contributed by atoms with E-state index >= 15 is 0 Å². The second-order valence-electron chi connectivity index (χ2n) is 11.1. The summed E-state index contributed by atoms with van der Waals surface area (Å²) in [6, 6.07) is 22.2. The van der Waals surface area contributed by atoms with Gasteiger partial charge in [0.1, 0.15) is 5.76 Å². The fourth-order valence-corrected chi connectivity index (χ4v) is 10.1. The fourth-order valence-electron chi connectivity index (χ4n) is 5.89. The average molecular weight is 600 g/mol. The Balaban J connectivity index is 0.000000249. The van der Waals surface area contributed by atoms with Gasteiger partial charge in [-0.1, -0.05) is 82.3 Å². The molecule has 7 rings (SSSR count). The van der Waals surface area contributed by atoms with Gasteiger partial charge < -0.3 is 29.2 Å². The smallest absolute Gasteiger partial charge is 1.00 e. The van der Waals surface area contributed by atoms with Crippen molar-refractivity contribution in [3.05, 3.63) is 95.0 Å². The van der Waals surface area contributed by atoms with Crippen LogP contribution in [0.25, 0.3) is 27.1 Å². The Morgan fingerprint density at radius 3 is 2.14 bits per heavy atom. The molecule has 1 aromatic heterocycles. The third-order valence-corrected chi connectivity index (χ3v) is 11.5. The molecular formula is C30H33Cl2OSiZr. The quantitative estimate of drug-likeness (QED) is 0.242. The number of halogens is 2. The molecule has 5 heteroatoms. The molecule has 0 saturated carbocycles. The normalized spacial score (nSPS) is 16.7. The summed E-state index contributed by atoms with van der Waals surface area (Å²) in [5.41, 5.74) is 9.39. The van der Waals surface area contributed by atoms with Gasteiger partial charge in [-0.2, -0.15) is 6.07 Å². The van der Waals surface area contributed by atoms with Gasteiger partial charge in [-0.15, -0.1) is 34.5 Å². The molecule has 0 saturated heterocycles. The van der Waals surface area contributed by atoms with Gasteiger partial charge in [0.25, 0.3) is 0 Å². The largest absolute Gasteiger partial charge is 3.00 e. The molecule has 0 spiro atoms. The van der Waals surface area contributed by atoms with Gasteiger partial charge in [0, 0.05) is 11.1 Å². The van der Waals surface area contributed by atoms with Crippen molar-refractivity contribution >= 4 is 24.0 Å². The van der Waals surface area contributed by atoms with Crippen LogP contribution in [0.3, 0.4) is 0 Å². The van der Waals surface area contributed by atoms with Crippen LogP contribution in [-0.4, -0.2) is 8.07 Å². The summed E-state index contributed by atoms with van der Waals surface area (Å²) in [6.07, 6.45) is 1.83. The van der Waals surface area contributed by atoms with Gasteiger partial charge in [0.2, 0.25) is 0 Å². The van der Waals surface area contributed by atoms with Crippen LogP contribution in [0.5, 0.6) is 0 Å². The van der Waals surface area contributed by atoms with E-state index in [1.54, 1.807) is 10.8 Å². The first kappa shape index (κ1) is 30.0. The van der Waals surface area contributed by atoms with E-state index in [-0.39, 0.29) is 56.4 Å². The Morgan fingerprint density at radius 2 is 1.57 bits per heavy atom. The molecule has 1 aliphatic carbocycles. The van der Waals surface area contributed by atoms with Gasteiger partial charge in [0.05, 0.1) is 14.3 Å². The van der Waals surface area contributed by atoms with Crippen molar-refractivity contribution in [2.24, 2.45) is 0 Å². The van der Waals surface area contributed by atoms with E-state index < -0.39 is 8.07 Å². The number of hydrogen-bond acceptors (Lipinski definition) is 1. The molecule has 4 aromatic rings. The van der Waals surface area contributed by atoms with Crippen molar-refractivity contribution < 1.29 is 55.4 Å². The van der Waals surface area contributed by atoms with E-state index in [4.69, 9.17) is 4.42 Å². The van der Waals surface area contributed by atoms with Crippen LogP contribution in [0.15, 0.2) is 76.9 Å². The number of hydrogen-bond donors (Lipinski definition) is 0. The Morgan fingerprint density at radius 1 is 0.914 bits per heavy atom. The molecule has 0 fully saturated rings. The maximum atomic E-state index is 5.51. The van der Waals surface area contributed by atoms with Crippen molar-refractivity contribution in [1.29, 1.82) is 0 Å². The third kappa shape index (κ3) is 4.99. The second-order valence-corrected chi connectivity index (χ2v) is 15.6. The average Bonchev–Trinajstić information content (AvgIpc) is 3.43. The maximum absolute atomic E-state index is 5.51. The van der Waals surface area contributed by atoms with Crippen molar-refractivity contribution in [2.75, 3.05) is 0 Å². The summed E-state index contributed by atoms with van der Waals surface area (Å²) in [4.78, 5) is 0. The van der Waals surface area contributed by atoms with Crippen LogP contribution < -0.4 is 24.8 Å². The summed E-state index contributed by atoms with van der Waals surface area (Å²) in [6.45, 7) is 16.1. The first-order chi connectivity index (χ1) is 15.1. The van der Waals surface area contributed by atoms with E-state index in [1.807, 2.05) is 6.26 Å². The van der Waals surface area contributed by atoms with Gasteiger partial charge in [-0.05, 0) is 34.7 Å². The SMILES string of the molecule is CC1=C2c3occc3C1[Si]2(C)C.Cc1cc2c(-c3ccc(C(C)(C)C)cc3)cccc2[cH-]1.[Cl-].[Cl-].[Zr+3]. The summed E-state index contributed by atoms with van der Waals surface area (Å²) in [7, 11) is -1.08. The van der Waals surface area contributed by atoms with Crippen LogP contribution in [0.1, 0.15) is 55.7 Å². The summed E-state index contributed by atoms with van der Waals surface area (Å²) >= 11 is 0. The first-order valence-electron chi connectivity index (χ1n) is 11.6. The summed E-state index contributed by atoms with van der Waals surface area (Å²) < 4.78 is 5.51. The molecule has 0 N–H and O–H groups in total. The Hall–Kier alpha value is -1.25. The number of benzene rings is 2. The molecule has 1 radical (unpaired) electrons. The third-order valence-electron chi connectivity index (χ3n) is 7.38. The zero-order valence-electron chi connectivity index (χ0n) is 21.6. The molecule has 35 heavy (non-hydrogen) atoms. The molecule has 1 atom stereocenters. The van der Waals surface area contributed by atoms with Crippen LogP contribution >= 0.6 is 0 Å². The number of rotatable bonds is 1. The van der Waals surface area contributed by atoms with E-state index in [1.165, 1.54) is 44.3 Å². The van der Waals surface area contributed by atoms with Gasteiger partial charge in [-0.25, -0.2) is 0 Å². The fraction of sp³-hybridized carbons (Fsp3) is 0.300. The van der Waals surface area contributed by atoms with E-state index in [2.05, 4.69) is 108 Å². The Kier molecular flexibility index (Phi) is 9.10. The molecule has 2 bridgehead atoms. The molecule has 3 aliphatic rings. The number of furan rings is 1. The topological polar surface area (TPSA) is 13.1 Å². The van der Waals surface area contributed by atoms with Crippen LogP contribution in [0.4, 0.5) is 0 Å². The van der Waals surface area contributed by atoms with Crippen LogP contribution in [-0.2, 0) is 31.6 Å². The minimum atomic E-state index is -1.08. The van der Waals surface area contributed by atoms with Gasteiger partial charge in [0.15, 0.2) is 0 Å². The van der Waals surface area contributed by atoms with Crippen molar-refractivity contribution in [3.63, 3.8) is 0 Å². The molecular weight excluding hydrogens is 567 g/mol. The van der Waals surface area contributed by atoms with E-state index in [9.17, 15) is 0 Å². The maximum Gasteiger partial charge on any atom is 3.00 e. The monoisotopic (exact) mass is 597 g/mol. The molecule has 181 valence electrons. The van der Waals surface area contributed by atoms with Gasteiger partial charge >= 0.3 is 26.2 Å². The molecule has 0 amide bonds. The first-order valence-corrected chi connectivity index (χ1v) is 14.7. The summed E-state index contributed by atoms with van der Waals surface area (Å²) in [5.74, 6) is 1.22. The predicted octanol–water partition coefficient (Wildman–Crippen LogP) is 2.79. The number of fused-ring (bicyclic) bond motifs is 1. The Bertz CT molecular complexity index is 1350. The zero-order valence-corrected chi connectivity index (χ0v) is 26.6. The van der Waals surface area contributed by atoms with Crippen LogP contribution in [0.2, 0.25) is 13.1 Å². The minimum Gasteiger partial charge on any atom is -1.00 e. The zero-order chi connectivity index (χ0) is 22.8. The second kappa shape index (κ2) is 10.6. The molecule has 1 unspecified atom stereocenters. The van der Waals surface area contributed by atoms with E-state index in [0.29, 0.717) is 0 Å². The molecule has 3 heterocycles. The van der Waals surface area contributed by atoms with Crippen molar-refractivity contribution in [3.8, 4) is 11.1 Å². The molecule has 1 nitrogen and oxygen atoms in total. The van der Waals surface area contributed by atoms with Crippen LogP contribution in [0, 0.1) is 6.92 Å². The van der Waals surface area contributed by atoms with Crippen molar-refractivity contribution in [1.82, 2.24) is 0 Å². The van der Waals surface area contributed by atoms with E-state index in [0.717, 1.165) is 5.54 Å². The minimum absolute atomic E-state index is 0. The predicted molar refractivity (Wildman–Crippen MR) is 140 cm³/mol. The molecule has 3 aromatic carbocycles. The van der Waals surface area contributed by atoms with Crippen molar-refractivity contribution in [2.45, 2.75) is 58.7 Å². The summed E-state index contributed by atoms with van der Waals surface area (Å²) in [5, 5.41) is 4.28. The molecule has 2 aliphatic heterocycles. The standard InChI is InChI=1S/C20H21.C10H12OSi.2ClH.Zr/c1-14-12-16-6-5-7-18(19(16)13-14)15-8-10-17(11-9-15)20(2,3)4;1-6-9-7-4-5-11-8(7)10(6)12(9,2)3;;;/h5-13H,1-4H3;4-5,9H,1-3H3;2*1H;/q-1;;;;+3/p-2. The number of allylic oxidation sites excluding steroid dienone is 1. The number of aryl methyl sites for hydroxylation is 1. The van der Waals surface area contributed by atoms with Gasteiger partial charge in [-0.3, -0.25) is 0 Å².